The molecule has 2 aliphatic rings. The Balaban J connectivity index is 1.40. The van der Waals surface area contributed by atoms with Crippen molar-refractivity contribution in [3.8, 4) is 0 Å². The van der Waals surface area contributed by atoms with Gasteiger partial charge in [0.25, 0.3) is 0 Å². The number of hydrogen-bond acceptors (Lipinski definition) is 7. The lowest BCUT2D eigenvalue weighted by Gasteiger charge is -2.32. The highest BCUT2D eigenvalue weighted by molar-refractivity contribution is 7.88. The molecule has 2 amide bonds. The molecule has 4 N–H and O–H groups in total. The molecule has 4 rings (SSSR count). The standard InChI is InChI=1S/C28H38N6O5S/c35-27(29-19-23-13-16-33(17-14-23)21-30-32-37)26-12-7-15-34(26)28(36)25(18-22-8-3-1-4-9-22)31-40(38,39)20-24-10-5-2-6-11-24/h1-6,8-11,21,23,25-26,31-32,37H,7,12-20H2,(H,29,35)/t25-,26+/m1/s1. The highest BCUT2D eigenvalue weighted by Gasteiger charge is 2.38. The van der Waals surface area contributed by atoms with Gasteiger partial charge in [0.05, 0.1) is 5.75 Å². The summed E-state index contributed by atoms with van der Waals surface area (Å²) in [6.45, 7) is 2.45. The lowest BCUT2D eigenvalue weighted by atomic mass is 9.97. The van der Waals surface area contributed by atoms with Crippen molar-refractivity contribution in [2.24, 2.45) is 11.0 Å². The van der Waals surface area contributed by atoms with E-state index in [1.807, 2.05) is 41.3 Å². The summed E-state index contributed by atoms with van der Waals surface area (Å²) in [7, 11) is -3.83. The van der Waals surface area contributed by atoms with Crippen LogP contribution in [-0.4, -0.2) is 79.8 Å². The molecule has 2 heterocycles. The van der Waals surface area contributed by atoms with Gasteiger partial charge in [0.15, 0.2) is 0 Å². The van der Waals surface area contributed by atoms with Crippen LogP contribution in [0, 0.1) is 5.92 Å². The highest BCUT2D eigenvalue weighted by atomic mass is 32.2. The van der Waals surface area contributed by atoms with E-state index in [4.69, 9.17) is 5.21 Å². The fourth-order valence-corrected chi connectivity index (χ4v) is 6.66. The molecule has 2 fully saturated rings. The van der Waals surface area contributed by atoms with Gasteiger partial charge in [0.2, 0.25) is 21.8 Å². The van der Waals surface area contributed by atoms with Crippen molar-refractivity contribution in [3.05, 3.63) is 71.8 Å². The Hall–Kier alpha value is -3.48. The highest BCUT2D eigenvalue weighted by Crippen LogP contribution is 2.21. The second-order valence-corrected chi connectivity index (χ2v) is 12.1. The fourth-order valence-electron chi connectivity index (χ4n) is 5.33. The van der Waals surface area contributed by atoms with Crippen LogP contribution in [0.15, 0.2) is 65.8 Å². The van der Waals surface area contributed by atoms with Crippen molar-refractivity contribution in [1.29, 1.82) is 0 Å². The average molecular weight is 571 g/mol. The smallest absolute Gasteiger partial charge is 0.242 e. The molecule has 2 aliphatic heterocycles. The Kier molecular flexibility index (Phi) is 10.5. The van der Waals surface area contributed by atoms with Crippen molar-refractivity contribution in [1.82, 2.24) is 25.4 Å². The molecule has 0 saturated carbocycles. The summed E-state index contributed by atoms with van der Waals surface area (Å²) in [4.78, 5) is 30.5. The molecule has 0 bridgehead atoms. The van der Waals surface area contributed by atoms with Crippen molar-refractivity contribution < 1.29 is 23.2 Å². The van der Waals surface area contributed by atoms with E-state index >= 15 is 0 Å². The second kappa shape index (κ2) is 14.2. The van der Waals surface area contributed by atoms with Gasteiger partial charge in [0, 0.05) is 26.2 Å². The Bertz CT molecular complexity index is 1240. The first-order chi connectivity index (χ1) is 19.3. The Morgan fingerprint density at radius 2 is 1.62 bits per heavy atom. The molecule has 216 valence electrons. The summed E-state index contributed by atoms with van der Waals surface area (Å²) in [6.07, 6.45) is 4.69. The monoisotopic (exact) mass is 570 g/mol. The molecule has 2 saturated heterocycles. The van der Waals surface area contributed by atoms with E-state index in [0.717, 1.165) is 31.5 Å². The SMILES string of the molecule is O=C(NCC1CCN(C=NNO)CC1)[C@@H]1CCCN1C(=O)[C@@H](Cc1ccccc1)NS(=O)(=O)Cc1ccccc1. The minimum Gasteiger partial charge on any atom is -0.361 e. The lowest BCUT2D eigenvalue weighted by Crippen LogP contribution is -2.54. The number of benzene rings is 2. The number of carbonyl (C=O) groups is 2. The van der Waals surface area contributed by atoms with E-state index in [2.05, 4.69) is 15.1 Å². The van der Waals surface area contributed by atoms with Gasteiger partial charge in [-0.3, -0.25) is 14.8 Å². The third-order valence-corrected chi connectivity index (χ3v) is 8.79. The maximum atomic E-state index is 13.8. The van der Waals surface area contributed by atoms with Crippen molar-refractivity contribution >= 4 is 28.2 Å². The van der Waals surface area contributed by atoms with E-state index in [9.17, 15) is 18.0 Å². The van der Waals surface area contributed by atoms with Gasteiger partial charge < -0.3 is 15.1 Å². The summed E-state index contributed by atoms with van der Waals surface area (Å²) in [5.41, 5.74) is 3.21. The molecule has 0 aliphatic carbocycles. The van der Waals surface area contributed by atoms with Gasteiger partial charge >= 0.3 is 0 Å². The number of likely N-dealkylation sites (tertiary alicyclic amines) is 2. The van der Waals surface area contributed by atoms with Gasteiger partial charge in [-0.1, -0.05) is 60.7 Å². The van der Waals surface area contributed by atoms with Crippen molar-refractivity contribution in [2.75, 3.05) is 26.2 Å². The molecule has 0 radical (unpaired) electrons. The third-order valence-electron chi connectivity index (χ3n) is 7.43. The van der Waals surface area contributed by atoms with Crippen LogP contribution < -0.4 is 15.6 Å². The first kappa shape index (κ1) is 29.5. The topological polar surface area (TPSA) is 143 Å². The van der Waals surface area contributed by atoms with E-state index in [-0.39, 0.29) is 24.0 Å². The lowest BCUT2D eigenvalue weighted by molar-refractivity contribution is -0.139. The predicted molar refractivity (Wildman–Crippen MR) is 152 cm³/mol. The van der Waals surface area contributed by atoms with Crippen molar-refractivity contribution in [3.63, 3.8) is 0 Å². The largest absolute Gasteiger partial charge is 0.361 e. The van der Waals surface area contributed by atoms with Crippen LogP contribution >= 0.6 is 0 Å². The van der Waals surface area contributed by atoms with Crippen LogP contribution in [0.5, 0.6) is 0 Å². The molecule has 0 aromatic heterocycles. The first-order valence-corrected chi connectivity index (χ1v) is 15.3. The maximum Gasteiger partial charge on any atom is 0.242 e. The number of amides is 2. The molecule has 0 spiro atoms. The minimum absolute atomic E-state index is 0.187. The molecule has 2 atom stereocenters. The van der Waals surface area contributed by atoms with Crippen LogP contribution in [0.1, 0.15) is 36.8 Å². The van der Waals surface area contributed by atoms with Gasteiger partial charge in [-0.25, -0.2) is 13.1 Å². The zero-order chi connectivity index (χ0) is 28.4. The number of rotatable bonds is 12. The Morgan fingerprint density at radius 1 is 0.975 bits per heavy atom. The van der Waals surface area contributed by atoms with Crippen LogP contribution in [-0.2, 0) is 31.8 Å². The zero-order valence-corrected chi connectivity index (χ0v) is 23.3. The van der Waals surface area contributed by atoms with Gasteiger partial charge in [0.1, 0.15) is 18.4 Å². The maximum absolute atomic E-state index is 13.8. The van der Waals surface area contributed by atoms with Crippen molar-refractivity contribution in [2.45, 2.75) is 49.9 Å². The molecule has 40 heavy (non-hydrogen) atoms. The second-order valence-electron chi connectivity index (χ2n) is 10.4. The number of piperidine rings is 1. The summed E-state index contributed by atoms with van der Waals surface area (Å²) in [5, 5.41) is 15.2. The van der Waals surface area contributed by atoms with Gasteiger partial charge in [-0.15, -0.1) is 5.10 Å². The normalized spacial score (nSPS) is 19.1. The first-order valence-electron chi connectivity index (χ1n) is 13.7. The van der Waals surface area contributed by atoms with Crippen LogP contribution in [0.25, 0.3) is 0 Å². The molecule has 0 unspecified atom stereocenters. The van der Waals surface area contributed by atoms with Crippen LogP contribution in [0.4, 0.5) is 0 Å². The predicted octanol–water partition coefficient (Wildman–Crippen LogP) is 1.46. The van der Waals surface area contributed by atoms with E-state index in [0.29, 0.717) is 37.4 Å². The van der Waals surface area contributed by atoms with E-state index in [1.165, 1.54) is 4.90 Å². The summed E-state index contributed by atoms with van der Waals surface area (Å²) in [6, 6.07) is 16.5. The minimum atomic E-state index is -3.83. The number of carbonyl (C=O) groups excluding carboxylic acids is 2. The summed E-state index contributed by atoms with van der Waals surface area (Å²) in [5.74, 6) is -0.526. The molecular weight excluding hydrogens is 532 g/mol. The summed E-state index contributed by atoms with van der Waals surface area (Å²) < 4.78 is 28.9. The van der Waals surface area contributed by atoms with Crippen LogP contribution in [0.2, 0.25) is 0 Å². The zero-order valence-electron chi connectivity index (χ0n) is 22.5. The van der Waals surface area contributed by atoms with E-state index in [1.54, 1.807) is 36.2 Å². The number of sulfonamides is 1. The van der Waals surface area contributed by atoms with Gasteiger partial charge in [-0.05, 0) is 49.1 Å². The number of nitrogens with zero attached hydrogens (tertiary/aromatic N) is 3. The molecule has 11 nitrogen and oxygen atoms in total. The molecule has 12 heteroatoms. The third kappa shape index (κ3) is 8.51. The van der Waals surface area contributed by atoms with E-state index < -0.39 is 22.1 Å². The molecular formula is C28H38N6O5S. The Morgan fingerprint density at radius 3 is 2.27 bits per heavy atom. The fraction of sp³-hybridized carbons (Fsp3) is 0.464. The number of nitrogens with one attached hydrogen (secondary N) is 3. The average Bonchev–Trinajstić information content (AvgIpc) is 3.45. The molecule has 2 aromatic carbocycles. The number of hydrazone groups is 1. The Labute approximate surface area is 235 Å². The molecule has 2 aromatic rings. The summed E-state index contributed by atoms with van der Waals surface area (Å²) >= 11 is 0. The quantitative estimate of drug-likeness (QED) is 0.172. The van der Waals surface area contributed by atoms with Gasteiger partial charge in [-0.2, -0.15) is 5.59 Å². The van der Waals surface area contributed by atoms with Crippen LogP contribution in [0.3, 0.4) is 0 Å². The number of hydrogen-bond donors (Lipinski definition) is 4.